The molecule has 0 aromatic heterocycles. The lowest BCUT2D eigenvalue weighted by molar-refractivity contribution is -0.117. The Hall–Kier alpha value is -1.92. The zero-order valence-electron chi connectivity index (χ0n) is 12.2. The van der Waals surface area contributed by atoms with Crippen LogP contribution >= 0.6 is 0 Å². The number of nitrogens with one attached hydrogen (secondary N) is 2. The minimum absolute atomic E-state index is 0.0666. The fourth-order valence-corrected chi connectivity index (χ4v) is 2.39. The van der Waals surface area contributed by atoms with Crippen molar-refractivity contribution in [2.75, 3.05) is 38.0 Å². The normalized spacial score (nSPS) is 16.2. The fraction of sp³-hybridized carbons (Fsp3) is 0.467. The molecule has 0 unspecified atom stereocenters. The van der Waals surface area contributed by atoms with Crippen LogP contribution in [0.2, 0.25) is 0 Å². The molecular formula is C15H21N3O3. The number of benzene rings is 1. The third-order valence-corrected chi connectivity index (χ3v) is 3.55. The number of carboxylic acid groups (broad SMARTS) is 1. The molecule has 1 amide bonds. The van der Waals surface area contributed by atoms with Gasteiger partial charge < -0.3 is 15.7 Å². The van der Waals surface area contributed by atoms with Crippen LogP contribution in [0.25, 0.3) is 0 Å². The molecule has 6 heteroatoms. The molecule has 0 radical (unpaired) electrons. The van der Waals surface area contributed by atoms with Gasteiger partial charge in [-0.1, -0.05) is 0 Å². The number of nitrogens with zero attached hydrogens (tertiary/aromatic N) is 1. The lowest BCUT2D eigenvalue weighted by atomic mass is 10.1. The number of carbonyl (C=O) groups is 2. The first-order valence-electron chi connectivity index (χ1n) is 7.13. The summed E-state index contributed by atoms with van der Waals surface area (Å²) >= 11 is 0. The van der Waals surface area contributed by atoms with E-state index in [1.165, 1.54) is 6.07 Å². The second kappa shape index (κ2) is 7.19. The molecule has 0 spiro atoms. The summed E-state index contributed by atoms with van der Waals surface area (Å²) in [6.07, 6.45) is 1.04. The first-order valence-corrected chi connectivity index (χ1v) is 7.13. The Morgan fingerprint density at radius 1 is 1.33 bits per heavy atom. The Morgan fingerprint density at radius 3 is 2.86 bits per heavy atom. The summed E-state index contributed by atoms with van der Waals surface area (Å²) in [6, 6.07) is 4.70. The smallest absolute Gasteiger partial charge is 0.335 e. The van der Waals surface area contributed by atoms with Crippen LogP contribution in [-0.4, -0.2) is 54.6 Å². The third kappa shape index (κ3) is 4.54. The van der Waals surface area contributed by atoms with Gasteiger partial charge >= 0.3 is 5.97 Å². The Bertz CT molecular complexity index is 523. The summed E-state index contributed by atoms with van der Waals surface area (Å²) in [7, 11) is 0. The van der Waals surface area contributed by atoms with Crippen molar-refractivity contribution in [3.05, 3.63) is 29.3 Å². The molecule has 1 fully saturated rings. The van der Waals surface area contributed by atoms with Gasteiger partial charge in [-0.2, -0.15) is 0 Å². The summed E-state index contributed by atoms with van der Waals surface area (Å²) in [4.78, 5) is 25.1. The number of carboxylic acids is 1. The minimum Gasteiger partial charge on any atom is -0.478 e. The van der Waals surface area contributed by atoms with Crippen LogP contribution < -0.4 is 10.6 Å². The molecule has 6 nitrogen and oxygen atoms in total. The van der Waals surface area contributed by atoms with Crippen molar-refractivity contribution in [1.29, 1.82) is 0 Å². The number of aromatic carboxylic acids is 1. The molecule has 1 heterocycles. The van der Waals surface area contributed by atoms with Gasteiger partial charge in [0.05, 0.1) is 12.1 Å². The number of amides is 1. The zero-order valence-corrected chi connectivity index (χ0v) is 12.2. The highest BCUT2D eigenvalue weighted by atomic mass is 16.4. The molecule has 1 aliphatic heterocycles. The summed E-state index contributed by atoms with van der Waals surface area (Å²) in [5.41, 5.74) is 1.64. The maximum Gasteiger partial charge on any atom is 0.335 e. The molecule has 1 aliphatic rings. The van der Waals surface area contributed by atoms with Gasteiger partial charge in [0.25, 0.3) is 0 Å². The van der Waals surface area contributed by atoms with Gasteiger partial charge in [-0.3, -0.25) is 9.69 Å². The molecule has 1 saturated heterocycles. The number of hydrogen-bond acceptors (Lipinski definition) is 4. The van der Waals surface area contributed by atoms with Crippen molar-refractivity contribution in [2.45, 2.75) is 13.3 Å². The monoisotopic (exact) mass is 291 g/mol. The highest BCUT2D eigenvalue weighted by Gasteiger charge is 2.14. The van der Waals surface area contributed by atoms with Crippen LogP contribution in [0.5, 0.6) is 0 Å². The average molecular weight is 291 g/mol. The van der Waals surface area contributed by atoms with E-state index >= 15 is 0 Å². The van der Waals surface area contributed by atoms with Gasteiger partial charge in [0, 0.05) is 18.8 Å². The molecule has 0 atom stereocenters. The average Bonchev–Trinajstić information content (AvgIpc) is 2.69. The second-order valence-corrected chi connectivity index (χ2v) is 5.26. The summed E-state index contributed by atoms with van der Waals surface area (Å²) < 4.78 is 0. The zero-order chi connectivity index (χ0) is 15.2. The highest BCUT2D eigenvalue weighted by Crippen LogP contribution is 2.16. The number of anilines is 1. The van der Waals surface area contributed by atoms with Crippen molar-refractivity contribution >= 4 is 17.6 Å². The maximum absolute atomic E-state index is 12.1. The van der Waals surface area contributed by atoms with Crippen molar-refractivity contribution < 1.29 is 14.7 Å². The second-order valence-electron chi connectivity index (χ2n) is 5.26. The van der Waals surface area contributed by atoms with Gasteiger partial charge in [0.15, 0.2) is 0 Å². The Balaban J connectivity index is 1.94. The Labute approximate surface area is 124 Å². The van der Waals surface area contributed by atoms with Crippen LogP contribution in [0.1, 0.15) is 22.3 Å². The molecule has 0 saturated carbocycles. The molecular weight excluding hydrogens is 270 g/mol. The largest absolute Gasteiger partial charge is 0.478 e. The third-order valence-electron chi connectivity index (χ3n) is 3.55. The lowest BCUT2D eigenvalue weighted by Gasteiger charge is -2.19. The molecule has 21 heavy (non-hydrogen) atoms. The van der Waals surface area contributed by atoms with Crippen molar-refractivity contribution in [1.82, 2.24) is 10.2 Å². The van der Waals surface area contributed by atoms with Crippen molar-refractivity contribution in [3.8, 4) is 0 Å². The van der Waals surface area contributed by atoms with Gasteiger partial charge in [-0.25, -0.2) is 4.79 Å². The van der Waals surface area contributed by atoms with Gasteiger partial charge in [-0.15, -0.1) is 0 Å². The van der Waals surface area contributed by atoms with E-state index in [4.69, 9.17) is 5.11 Å². The predicted octanol–water partition coefficient (Wildman–Crippen LogP) is 0.927. The predicted molar refractivity (Wildman–Crippen MR) is 80.7 cm³/mol. The lowest BCUT2D eigenvalue weighted by Crippen LogP contribution is -2.35. The molecule has 0 aliphatic carbocycles. The quantitative estimate of drug-likeness (QED) is 0.769. The highest BCUT2D eigenvalue weighted by molar-refractivity contribution is 5.94. The van der Waals surface area contributed by atoms with Gasteiger partial charge in [-0.05, 0) is 50.2 Å². The van der Waals surface area contributed by atoms with Crippen LogP contribution in [0.15, 0.2) is 18.2 Å². The van der Waals surface area contributed by atoms with Crippen LogP contribution in [0, 0.1) is 6.92 Å². The van der Waals surface area contributed by atoms with E-state index in [9.17, 15) is 9.59 Å². The molecule has 3 N–H and O–H groups in total. The van der Waals surface area contributed by atoms with E-state index in [1.54, 1.807) is 19.1 Å². The van der Waals surface area contributed by atoms with Crippen molar-refractivity contribution in [2.24, 2.45) is 0 Å². The first kappa shape index (κ1) is 15.5. The summed E-state index contributed by atoms with van der Waals surface area (Å²) in [6.45, 7) is 5.83. The Morgan fingerprint density at radius 2 is 2.14 bits per heavy atom. The minimum atomic E-state index is -0.965. The molecule has 2 rings (SSSR count). The van der Waals surface area contributed by atoms with E-state index in [1.807, 2.05) is 0 Å². The standard InChI is InChI=1S/C15H21N3O3/c1-11-9-12(15(20)21)3-4-13(11)17-14(19)10-18-7-2-5-16-6-8-18/h3-4,9,16H,2,5-8,10H2,1H3,(H,17,19)(H,20,21). The summed E-state index contributed by atoms with van der Waals surface area (Å²) in [5.74, 6) is -1.03. The number of rotatable bonds is 4. The molecule has 114 valence electrons. The number of hydrogen-bond donors (Lipinski definition) is 3. The molecule has 0 bridgehead atoms. The number of carbonyl (C=O) groups excluding carboxylic acids is 1. The van der Waals surface area contributed by atoms with E-state index < -0.39 is 5.97 Å². The Kier molecular flexibility index (Phi) is 5.30. The van der Waals surface area contributed by atoms with Gasteiger partial charge in [0.2, 0.25) is 5.91 Å². The van der Waals surface area contributed by atoms with E-state index in [0.29, 0.717) is 12.2 Å². The van der Waals surface area contributed by atoms with E-state index in [2.05, 4.69) is 15.5 Å². The van der Waals surface area contributed by atoms with Crippen LogP contribution in [-0.2, 0) is 4.79 Å². The SMILES string of the molecule is Cc1cc(C(=O)O)ccc1NC(=O)CN1CCCNCC1. The topological polar surface area (TPSA) is 81.7 Å². The first-order chi connectivity index (χ1) is 10.1. The van der Waals surface area contributed by atoms with Gasteiger partial charge in [0.1, 0.15) is 0 Å². The fourth-order valence-electron chi connectivity index (χ4n) is 2.39. The summed E-state index contributed by atoms with van der Waals surface area (Å²) in [5, 5.41) is 15.1. The molecule has 1 aromatic carbocycles. The van der Waals surface area contributed by atoms with Crippen molar-refractivity contribution in [3.63, 3.8) is 0 Å². The van der Waals surface area contributed by atoms with E-state index in [0.717, 1.165) is 38.2 Å². The molecule has 1 aromatic rings. The number of aryl methyl sites for hydroxylation is 1. The van der Waals surface area contributed by atoms with Crippen LogP contribution in [0.3, 0.4) is 0 Å². The maximum atomic E-state index is 12.1. The van der Waals surface area contributed by atoms with Crippen LogP contribution in [0.4, 0.5) is 5.69 Å². The van der Waals surface area contributed by atoms with E-state index in [-0.39, 0.29) is 11.5 Å².